The molecular weight excluding hydrogens is 379 g/mol. The largest absolute Gasteiger partial charge is 0.486 e. The summed E-state index contributed by atoms with van der Waals surface area (Å²) in [5.74, 6) is 1.06. The standard InChI is InChI=1S/C21H15FN2O3S/c22-14-7-5-13(6-8-14)16-11-28-20-19(16)21(25)24(12-23-20)9-15-10-26-17-3-1-2-4-18(17)27-15/h1-8,11-12,15H,9-10H2. The number of halogens is 1. The van der Waals surface area contributed by atoms with Crippen LogP contribution >= 0.6 is 11.3 Å². The lowest BCUT2D eigenvalue weighted by Crippen LogP contribution is -2.36. The van der Waals surface area contributed by atoms with Crippen molar-refractivity contribution in [3.8, 4) is 22.6 Å². The van der Waals surface area contributed by atoms with Gasteiger partial charge in [0.25, 0.3) is 5.56 Å². The van der Waals surface area contributed by atoms with E-state index in [0.717, 1.165) is 11.1 Å². The Hall–Kier alpha value is -3.19. The molecule has 0 radical (unpaired) electrons. The number of rotatable bonds is 3. The first kappa shape index (κ1) is 16.9. The summed E-state index contributed by atoms with van der Waals surface area (Å²) < 4.78 is 26.5. The molecule has 0 aliphatic carbocycles. The summed E-state index contributed by atoms with van der Waals surface area (Å²) in [6.07, 6.45) is 1.25. The zero-order valence-electron chi connectivity index (χ0n) is 14.7. The number of para-hydroxylation sites is 2. The molecule has 0 bridgehead atoms. The zero-order valence-corrected chi connectivity index (χ0v) is 15.5. The van der Waals surface area contributed by atoms with Gasteiger partial charge in [-0.15, -0.1) is 11.3 Å². The maximum absolute atomic E-state index is 13.3. The zero-order chi connectivity index (χ0) is 19.1. The van der Waals surface area contributed by atoms with Gasteiger partial charge in [0.1, 0.15) is 17.3 Å². The Labute approximate surface area is 163 Å². The van der Waals surface area contributed by atoms with E-state index >= 15 is 0 Å². The summed E-state index contributed by atoms with van der Waals surface area (Å²) in [5.41, 5.74) is 1.40. The summed E-state index contributed by atoms with van der Waals surface area (Å²) in [7, 11) is 0. The lowest BCUT2D eigenvalue weighted by Gasteiger charge is -2.26. The van der Waals surface area contributed by atoms with Crippen LogP contribution in [0.15, 0.2) is 65.0 Å². The smallest absolute Gasteiger partial charge is 0.262 e. The van der Waals surface area contributed by atoms with E-state index in [-0.39, 0.29) is 17.5 Å². The highest BCUT2D eigenvalue weighted by atomic mass is 32.1. The number of aromatic nitrogens is 2. The fourth-order valence-corrected chi connectivity index (χ4v) is 4.22. The second-order valence-electron chi connectivity index (χ2n) is 6.54. The summed E-state index contributed by atoms with van der Waals surface area (Å²) in [4.78, 5) is 18.2. The molecule has 140 valence electrons. The van der Waals surface area contributed by atoms with Crippen LogP contribution in [-0.2, 0) is 6.54 Å². The van der Waals surface area contributed by atoms with Gasteiger partial charge < -0.3 is 9.47 Å². The van der Waals surface area contributed by atoms with Crippen LogP contribution in [0.5, 0.6) is 11.5 Å². The highest BCUT2D eigenvalue weighted by Crippen LogP contribution is 2.32. The maximum atomic E-state index is 13.3. The van der Waals surface area contributed by atoms with Crippen molar-refractivity contribution in [2.45, 2.75) is 12.6 Å². The average Bonchev–Trinajstić information content (AvgIpc) is 3.15. The maximum Gasteiger partial charge on any atom is 0.262 e. The van der Waals surface area contributed by atoms with Gasteiger partial charge in [0.2, 0.25) is 0 Å². The Kier molecular flexibility index (Phi) is 4.09. The number of ether oxygens (including phenoxy) is 2. The Morgan fingerprint density at radius 1 is 1.14 bits per heavy atom. The minimum absolute atomic E-state index is 0.145. The summed E-state index contributed by atoms with van der Waals surface area (Å²) in [5, 5.41) is 2.42. The molecule has 0 saturated heterocycles. The molecule has 7 heteroatoms. The molecule has 5 rings (SSSR count). The number of fused-ring (bicyclic) bond motifs is 2. The molecule has 0 amide bonds. The number of thiophene rings is 1. The predicted molar refractivity (Wildman–Crippen MR) is 106 cm³/mol. The molecule has 1 atom stereocenters. The van der Waals surface area contributed by atoms with E-state index in [4.69, 9.17) is 9.47 Å². The summed E-state index contributed by atoms with van der Waals surface area (Å²) >= 11 is 1.40. The average molecular weight is 394 g/mol. The molecule has 0 N–H and O–H groups in total. The molecule has 3 heterocycles. The topological polar surface area (TPSA) is 53.4 Å². The molecule has 2 aromatic heterocycles. The van der Waals surface area contributed by atoms with Gasteiger partial charge in [-0.2, -0.15) is 0 Å². The van der Waals surface area contributed by atoms with Gasteiger partial charge in [0.15, 0.2) is 17.6 Å². The van der Waals surface area contributed by atoms with Crippen molar-refractivity contribution in [3.63, 3.8) is 0 Å². The minimum atomic E-state index is -0.312. The molecule has 2 aromatic carbocycles. The Balaban J connectivity index is 1.49. The SMILES string of the molecule is O=c1c2c(-c3ccc(F)cc3)csc2ncn1CC1COc2ccccc2O1. The van der Waals surface area contributed by atoms with Crippen molar-refractivity contribution in [2.24, 2.45) is 0 Å². The molecule has 0 spiro atoms. The lowest BCUT2D eigenvalue weighted by atomic mass is 10.1. The highest BCUT2D eigenvalue weighted by molar-refractivity contribution is 7.17. The van der Waals surface area contributed by atoms with Crippen LogP contribution in [0, 0.1) is 5.82 Å². The fraction of sp³-hybridized carbons (Fsp3) is 0.143. The molecule has 0 saturated carbocycles. The number of hydrogen-bond acceptors (Lipinski definition) is 5. The number of nitrogens with zero attached hydrogens (tertiary/aromatic N) is 2. The van der Waals surface area contributed by atoms with Crippen molar-refractivity contribution in [1.82, 2.24) is 9.55 Å². The second-order valence-corrected chi connectivity index (χ2v) is 7.39. The van der Waals surface area contributed by atoms with Gasteiger partial charge in [0, 0.05) is 10.9 Å². The monoisotopic (exact) mass is 394 g/mol. The van der Waals surface area contributed by atoms with Crippen molar-refractivity contribution in [3.05, 3.63) is 76.4 Å². The van der Waals surface area contributed by atoms with Crippen molar-refractivity contribution in [1.29, 1.82) is 0 Å². The van der Waals surface area contributed by atoms with Crippen LogP contribution in [0.3, 0.4) is 0 Å². The van der Waals surface area contributed by atoms with Crippen LogP contribution in [-0.4, -0.2) is 22.3 Å². The van der Waals surface area contributed by atoms with Crippen molar-refractivity contribution >= 4 is 21.6 Å². The molecule has 1 unspecified atom stereocenters. The quantitative estimate of drug-likeness (QED) is 0.525. The van der Waals surface area contributed by atoms with Gasteiger partial charge in [-0.25, -0.2) is 9.37 Å². The normalized spacial score (nSPS) is 15.7. The lowest BCUT2D eigenvalue weighted by molar-refractivity contribution is 0.0777. The van der Waals surface area contributed by atoms with E-state index in [9.17, 15) is 9.18 Å². The second kappa shape index (κ2) is 6.76. The van der Waals surface area contributed by atoms with Crippen molar-refractivity contribution in [2.75, 3.05) is 6.61 Å². The van der Waals surface area contributed by atoms with Crippen LogP contribution in [0.4, 0.5) is 4.39 Å². The van der Waals surface area contributed by atoms with E-state index in [0.29, 0.717) is 34.9 Å². The van der Waals surface area contributed by atoms with Crippen molar-refractivity contribution < 1.29 is 13.9 Å². The first-order chi connectivity index (χ1) is 13.7. The molecule has 28 heavy (non-hydrogen) atoms. The molecule has 0 fully saturated rings. The van der Waals surface area contributed by atoms with Gasteiger partial charge in [-0.1, -0.05) is 24.3 Å². The minimum Gasteiger partial charge on any atom is -0.486 e. The van der Waals surface area contributed by atoms with Crippen LogP contribution < -0.4 is 15.0 Å². The first-order valence-corrected chi connectivity index (χ1v) is 9.68. The predicted octanol–water partition coefficient (Wildman–Crippen LogP) is 4.10. The van der Waals surface area contributed by atoms with Crippen LogP contribution in [0.1, 0.15) is 0 Å². The number of benzene rings is 2. The van der Waals surface area contributed by atoms with Gasteiger partial charge in [-0.05, 0) is 29.8 Å². The third-order valence-electron chi connectivity index (χ3n) is 4.68. The van der Waals surface area contributed by atoms with Gasteiger partial charge in [0.05, 0.1) is 18.3 Å². The Morgan fingerprint density at radius 2 is 1.93 bits per heavy atom. The van der Waals surface area contributed by atoms with Gasteiger partial charge in [-0.3, -0.25) is 9.36 Å². The highest BCUT2D eigenvalue weighted by Gasteiger charge is 2.22. The molecule has 1 aliphatic heterocycles. The van der Waals surface area contributed by atoms with E-state index in [1.165, 1.54) is 23.5 Å². The summed E-state index contributed by atoms with van der Waals surface area (Å²) in [6, 6.07) is 13.6. The Bertz CT molecular complexity index is 1220. The Morgan fingerprint density at radius 3 is 2.75 bits per heavy atom. The van der Waals surface area contributed by atoms with Crippen LogP contribution in [0.25, 0.3) is 21.3 Å². The molecule has 4 aromatic rings. The first-order valence-electron chi connectivity index (χ1n) is 8.80. The number of hydrogen-bond donors (Lipinski definition) is 0. The van der Waals surface area contributed by atoms with E-state index < -0.39 is 0 Å². The third kappa shape index (κ3) is 2.93. The third-order valence-corrected chi connectivity index (χ3v) is 5.57. The molecular formula is C21H15FN2O3S. The fourth-order valence-electron chi connectivity index (χ4n) is 3.31. The van der Waals surface area contributed by atoms with E-state index in [2.05, 4.69) is 4.98 Å². The van der Waals surface area contributed by atoms with Crippen LogP contribution in [0.2, 0.25) is 0 Å². The molecule has 5 nitrogen and oxygen atoms in total. The van der Waals surface area contributed by atoms with E-state index in [1.54, 1.807) is 23.0 Å². The summed E-state index contributed by atoms with van der Waals surface area (Å²) in [6.45, 7) is 0.685. The van der Waals surface area contributed by atoms with Gasteiger partial charge >= 0.3 is 0 Å². The van der Waals surface area contributed by atoms with E-state index in [1.807, 2.05) is 29.6 Å². The molecule has 1 aliphatic rings.